The second-order valence-corrected chi connectivity index (χ2v) is 6.26. The highest BCUT2D eigenvalue weighted by atomic mass is 79.9. The number of hydrogen-bond acceptors (Lipinski definition) is 4. The van der Waals surface area contributed by atoms with E-state index in [-0.39, 0.29) is 0 Å². The van der Waals surface area contributed by atoms with Crippen LogP contribution in [0.4, 0.5) is 5.95 Å². The van der Waals surface area contributed by atoms with Crippen molar-refractivity contribution < 1.29 is 0 Å². The number of fused-ring (bicyclic) bond motifs is 1. The quantitative estimate of drug-likeness (QED) is 0.917. The zero-order valence-corrected chi connectivity index (χ0v) is 13.3. The molecule has 5 nitrogen and oxygen atoms in total. The van der Waals surface area contributed by atoms with E-state index >= 15 is 0 Å². The van der Waals surface area contributed by atoms with Gasteiger partial charge in [0.1, 0.15) is 0 Å². The Morgan fingerprint density at radius 3 is 2.74 bits per heavy atom. The summed E-state index contributed by atoms with van der Waals surface area (Å²) in [6.07, 6.45) is 1.91. The summed E-state index contributed by atoms with van der Waals surface area (Å²) >= 11 is 3.43. The summed E-state index contributed by atoms with van der Waals surface area (Å²) in [4.78, 5) is 6.66. The largest absolute Gasteiger partial charge is 0.349 e. The Morgan fingerprint density at radius 1 is 1.37 bits per heavy atom. The summed E-state index contributed by atoms with van der Waals surface area (Å²) in [6, 6.07) is 4.24. The fourth-order valence-corrected chi connectivity index (χ4v) is 2.23. The second-order valence-electron chi connectivity index (χ2n) is 5.34. The minimum Gasteiger partial charge on any atom is -0.349 e. The third-order valence-electron chi connectivity index (χ3n) is 2.98. The van der Waals surface area contributed by atoms with E-state index in [1.807, 2.05) is 18.3 Å². The summed E-state index contributed by atoms with van der Waals surface area (Å²) in [5, 5.41) is 7.87. The minimum atomic E-state index is 0.329. The van der Waals surface area contributed by atoms with Crippen molar-refractivity contribution in [1.29, 1.82) is 0 Å². The van der Waals surface area contributed by atoms with Gasteiger partial charge < -0.3 is 10.2 Å². The Bertz CT molecular complexity index is 549. The van der Waals surface area contributed by atoms with Gasteiger partial charge in [0, 0.05) is 23.3 Å². The molecule has 1 N–H and O–H groups in total. The zero-order valence-electron chi connectivity index (χ0n) is 11.8. The molecule has 2 aromatic rings. The first kappa shape index (κ1) is 14.3. The van der Waals surface area contributed by atoms with Crippen molar-refractivity contribution in [2.45, 2.75) is 19.9 Å². The molecular formula is C13H20BrN5. The molecule has 104 valence electrons. The lowest BCUT2D eigenvalue weighted by molar-refractivity contribution is 0.343. The van der Waals surface area contributed by atoms with Gasteiger partial charge in [0.05, 0.1) is 0 Å². The monoisotopic (exact) mass is 325 g/mol. The fraction of sp³-hybridized carbons (Fsp3) is 0.538. The number of nitrogens with zero attached hydrogens (tertiary/aromatic N) is 4. The molecule has 0 spiro atoms. The molecule has 0 aromatic carbocycles. The van der Waals surface area contributed by atoms with Crippen LogP contribution in [0.2, 0.25) is 0 Å². The van der Waals surface area contributed by atoms with E-state index in [9.17, 15) is 0 Å². The van der Waals surface area contributed by atoms with E-state index in [4.69, 9.17) is 0 Å². The van der Waals surface area contributed by atoms with Crippen LogP contribution in [0.1, 0.15) is 13.8 Å². The molecule has 0 aliphatic rings. The summed E-state index contributed by atoms with van der Waals surface area (Å²) in [5.74, 6) is 1.19. The summed E-state index contributed by atoms with van der Waals surface area (Å²) in [6.45, 7) is 5.36. The van der Waals surface area contributed by atoms with Crippen molar-refractivity contribution >= 4 is 27.5 Å². The number of halogens is 1. The Morgan fingerprint density at radius 2 is 2.11 bits per heavy atom. The number of nitrogens with one attached hydrogen (secondary N) is 1. The first-order valence-electron chi connectivity index (χ1n) is 6.39. The minimum absolute atomic E-state index is 0.329. The Balaban J connectivity index is 2.19. The number of rotatable bonds is 5. The van der Waals surface area contributed by atoms with Gasteiger partial charge in [0.25, 0.3) is 0 Å². The van der Waals surface area contributed by atoms with E-state index in [0.29, 0.717) is 17.9 Å². The maximum Gasteiger partial charge on any atom is 0.243 e. The lowest BCUT2D eigenvalue weighted by Gasteiger charge is -2.24. The highest BCUT2D eigenvalue weighted by Gasteiger charge is 2.16. The molecule has 1 unspecified atom stereocenters. The number of aromatic nitrogens is 3. The SMILES string of the molecule is CC(C)C(CN(C)C)Nc1nc2ccc(Br)cn2n1. The topological polar surface area (TPSA) is 45.5 Å². The van der Waals surface area contributed by atoms with E-state index in [1.54, 1.807) is 4.52 Å². The first-order chi connectivity index (χ1) is 8.95. The van der Waals surface area contributed by atoms with Crippen LogP contribution in [-0.4, -0.2) is 46.2 Å². The average molecular weight is 326 g/mol. The average Bonchev–Trinajstić information content (AvgIpc) is 2.68. The van der Waals surface area contributed by atoms with Crippen molar-refractivity contribution in [3.05, 3.63) is 22.8 Å². The van der Waals surface area contributed by atoms with Crippen molar-refractivity contribution in [2.75, 3.05) is 26.0 Å². The summed E-state index contributed by atoms with van der Waals surface area (Å²) < 4.78 is 2.77. The van der Waals surface area contributed by atoms with Crippen molar-refractivity contribution in [3.63, 3.8) is 0 Å². The summed E-state index contributed by atoms with van der Waals surface area (Å²) in [5.41, 5.74) is 0.845. The van der Waals surface area contributed by atoms with Crippen molar-refractivity contribution in [2.24, 2.45) is 5.92 Å². The van der Waals surface area contributed by atoms with Gasteiger partial charge in [-0.1, -0.05) is 13.8 Å². The molecular weight excluding hydrogens is 306 g/mol. The van der Waals surface area contributed by atoms with Crippen molar-refractivity contribution in [3.8, 4) is 0 Å². The van der Waals surface area contributed by atoms with E-state index < -0.39 is 0 Å². The van der Waals surface area contributed by atoms with Gasteiger partial charge in [-0.05, 0) is 48.1 Å². The summed E-state index contributed by atoms with van der Waals surface area (Å²) in [7, 11) is 4.15. The van der Waals surface area contributed by atoms with Crippen LogP contribution in [0.15, 0.2) is 22.8 Å². The van der Waals surface area contributed by atoms with Gasteiger partial charge in [-0.2, -0.15) is 4.98 Å². The van der Waals surface area contributed by atoms with Crippen LogP contribution in [0.3, 0.4) is 0 Å². The Kier molecular flexibility index (Phi) is 4.42. The third kappa shape index (κ3) is 3.67. The molecule has 0 aliphatic heterocycles. The lowest BCUT2D eigenvalue weighted by atomic mass is 10.0. The molecule has 2 heterocycles. The molecule has 0 saturated carbocycles. The van der Waals surface area contributed by atoms with Crippen LogP contribution in [-0.2, 0) is 0 Å². The van der Waals surface area contributed by atoms with E-state index in [2.05, 4.69) is 64.2 Å². The van der Waals surface area contributed by atoms with Gasteiger partial charge in [-0.3, -0.25) is 0 Å². The van der Waals surface area contributed by atoms with E-state index in [1.165, 1.54) is 0 Å². The number of pyridine rings is 1. The lowest BCUT2D eigenvalue weighted by Crippen LogP contribution is -2.36. The van der Waals surface area contributed by atoms with Crippen LogP contribution in [0.5, 0.6) is 0 Å². The van der Waals surface area contributed by atoms with Gasteiger partial charge in [0.2, 0.25) is 5.95 Å². The predicted molar refractivity (Wildman–Crippen MR) is 81.5 cm³/mol. The van der Waals surface area contributed by atoms with E-state index in [0.717, 1.165) is 16.7 Å². The van der Waals surface area contributed by atoms with Gasteiger partial charge in [0.15, 0.2) is 5.65 Å². The second kappa shape index (κ2) is 5.88. The molecule has 0 saturated heterocycles. The molecule has 0 bridgehead atoms. The molecule has 1 atom stereocenters. The molecule has 19 heavy (non-hydrogen) atoms. The number of hydrogen-bond donors (Lipinski definition) is 1. The van der Waals surface area contributed by atoms with Crippen LogP contribution < -0.4 is 5.32 Å². The number of likely N-dealkylation sites (N-methyl/N-ethyl adjacent to an activating group) is 1. The molecule has 0 fully saturated rings. The van der Waals surface area contributed by atoms with Gasteiger partial charge in [-0.15, -0.1) is 5.10 Å². The Labute approximate surface area is 122 Å². The predicted octanol–water partition coefficient (Wildman–Crippen LogP) is 2.49. The molecule has 2 rings (SSSR count). The molecule has 2 aromatic heterocycles. The molecule has 0 radical (unpaired) electrons. The zero-order chi connectivity index (χ0) is 14.0. The highest BCUT2D eigenvalue weighted by molar-refractivity contribution is 9.10. The number of anilines is 1. The molecule has 0 amide bonds. The normalized spacial score (nSPS) is 13.4. The maximum atomic E-state index is 4.48. The Hall–Kier alpha value is -1.14. The van der Waals surface area contributed by atoms with Crippen LogP contribution >= 0.6 is 15.9 Å². The standard InChI is InChI=1S/C13H20BrN5/c1-9(2)11(8-18(3)4)15-13-16-12-6-5-10(14)7-19(12)17-13/h5-7,9,11H,8H2,1-4H3,(H,15,17). The van der Waals surface area contributed by atoms with Crippen LogP contribution in [0, 0.1) is 5.92 Å². The third-order valence-corrected chi connectivity index (χ3v) is 3.45. The first-order valence-corrected chi connectivity index (χ1v) is 7.18. The van der Waals surface area contributed by atoms with Crippen LogP contribution in [0.25, 0.3) is 5.65 Å². The maximum absolute atomic E-state index is 4.48. The van der Waals surface area contributed by atoms with Gasteiger partial charge >= 0.3 is 0 Å². The smallest absolute Gasteiger partial charge is 0.243 e. The fourth-order valence-electron chi connectivity index (χ4n) is 1.90. The molecule has 0 aliphatic carbocycles. The molecule has 6 heteroatoms. The van der Waals surface area contributed by atoms with Crippen molar-refractivity contribution in [1.82, 2.24) is 19.5 Å². The highest BCUT2D eigenvalue weighted by Crippen LogP contribution is 2.14. The van der Waals surface area contributed by atoms with Gasteiger partial charge in [-0.25, -0.2) is 4.52 Å².